The number of hydrogen-bond acceptors (Lipinski definition) is 4. The Kier molecular flexibility index (Phi) is 4.70. The first-order valence-electron chi connectivity index (χ1n) is 9.36. The molecule has 0 heterocycles. The molecule has 1 amide bonds. The van der Waals surface area contributed by atoms with E-state index in [9.17, 15) is 14.7 Å². The number of carbonyl (C=O) groups excluding carboxylic acids is 2. The molecule has 0 aromatic heterocycles. The standard InChI is InChI=1S/C22H23NO4/c1-23(19-11-6-12-20(24)21(19)25)22(26)27-13-18-16-9-4-2-7-14(16)15-8-3-5-10-17(15)18/h2-5,7-10,18-19,21,25H,6,11-13H2,1H3/t19-,21-/m1/s1. The number of aliphatic hydroxyl groups is 1. The van der Waals surface area contributed by atoms with Crippen LogP contribution in [0.3, 0.4) is 0 Å². The number of fused-ring (bicyclic) bond motifs is 3. The highest BCUT2D eigenvalue weighted by Gasteiger charge is 2.36. The van der Waals surface area contributed by atoms with Gasteiger partial charge in [0.25, 0.3) is 0 Å². The van der Waals surface area contributed by atoms with Crippen LogP contribution in [0, 0.1) is 0 Å². The second-order valence-corrected chi connectivity index (χ2v) is 7.29. The first-order valence-corrected chi connectivity index (χ1v) is 9.36. The fourth-order valence-corrected chi connectivity index (χ4v) is 4.24. The number of aliphatic hydroxyl groups excluding tert-OH is 1. The molecule has 2 aromatic carbocycles. The molecule has 1 saturated carbocycles. The van der Waals surface area contributed by atoms with E-state index in [0.29, 0.717) is 19.3 Å². The summed E-state index contributed by atoms with van der Waals surface area (Å²) in [5, 5.41) is 10.1. The van der Waals surface area contributed by atoms with E-state index in [4.69, 9.17) is 4.74 Å². The third-order valence-electron chi connectivity index (χ3n) is 5.74. The van der Waals surface area contributed by atoms with Crippen molar-refractivity contribution in [1.29, 1.82) is 0 Å². The van der Waals surface area contributed by atoms with Crippen molar-refractivity contribution in [2.45, 2.75) is 37.3 Å². The van der Waals surface area contributed by atoms with Crippen molar-refractivity contribution in [3.63, 3.8) is 0 Å². The molecule has 140 valence electrons. The second-order valence-electron chi connectivity index (χ2n) is 7.29. The van der Waals surface area contributed by atoms with Gasteiger partial charge < -0.3 is 14.7 Å². The number of rotatable bonds is 3. The Morgan fingerprint density at radius 2 is 1.70 bits per heavy atom. The third-order valence-corrected chi connectivity index (χ3v) is 5.74. The molecule has 4 rings (SSSR count). The van der Waals surface area contributed by atoms with Gasteiger partial charge in [-0.25, -0.2) is 4.79 Å². The Labute approximate surface area is 158 Å². The number of ketones is 1. The average molecular weight is 365 g/mol. The molecule has 2 aliphatic rings. The van der Waals surface area contributed by atoms with Crippen molar-refractivity contribution in [1.82, 2.24) is 4.90 Å². The number of hydrogen-bond donors (Lipinski definition) is 1. The minimum atomic E-state index is -1.12. The summed E-state index contributed by atoms with van der Waals surface area (Å²) < 4.78 is 5.60. The van der Waals surface area contributed by atoms with E-state index in [-0.39, 0.29) is 18.3 Å². The third kappa shape index (κ3) is 3.12. The summed E-state index contributed by atoms with van der Waals surface area (Å²) >= 11 is 0. The molecule has 0 saturated heterocycles. The molecule has 27 heavy (non-hydrogen) atoms. The van der Waals surface area contributed by atoms with Crippen molar-refractivity contribution in [3.05, 3.63) is 59.7 Å². The smallest absolute Gasteiger partial charge is 0.409 e. The number of likely N-dealkylation sites (N-methyl/N-ethyl adjacent to an activating group) is 1. The van der Waals surface area contributed by atoms with Gasteiger partial charge in [0.15, 0.2) is 5.78 Å². The highest BCUT2D eigenvalue weighted by Crippen LogP contribution is 2.44. The fraction of sp³-hybridized carbons (Fsp3) is 0.364. The number of carbonyl (C=O) groups is 2. The molecule has 1 N–H and O–H groups in total. The molecular weight excluding hydrogens is 342 g/mol. The molecule has 1 fully saturated rings. The lowest BCUT2D eigenvalue weighted by atomic mass is 9.91. The van der Waals surface area contributed by atoms with E-state index >= 15 is 0 Å². The number of Topliss-reactive ketones (excluding diaryl/α,β-unsaturated/α-hetero) is 1. The van der Waals surface area contributed by atoms with Crippen LogP contribution in [0.15, 0.2) is 48.5 Å². The summed E-state index contributed by atoms with van der Waals surface area (Å²) in [6.07, 6.45) is 0.0329. The molecule has 0 spiro atoms. The van der Waals surface area contributed by atoms with Crippen LogP contribution in [-0.4, -0.2) is 47.7 Å². The molecule has 2 atom stereocenters. The lowest BCUT2D eigenvalue weighted by Crippen LogP contribution is -2.50. The summed E-state index contributed by atoms with van der Waals surface area (Å²) in [4.78, 5) is 25.7. The van der Waals surface area contributed by atoms with E-state index < -0.39 is 18.2 Å². The maximum atomic E-state index is 12.6. The summed E-state index contributed by atoms with van der Waals surface area (Å²) in [5.41, 5.74) is 4.66. The Morgan fingerprint density at radius 3 is 2.33 bits per heavy atom. The van der Waals surface area contributed by atoms with Gasteiger partial charge in [-0.1, -0.05) is 48.5 Å². The maximum absolute atomic E-state index is 12.6. The molecule has 0 radical (unpaired) electrons. The summed E-state index contributed by atoms with van der Waals surface area (Å²) in [5.74, 6) is -0.211. The zero-order chi connectivity index (χ0) is 19.0. The van der Waals surface area contributed by atoms with Gasteiger partial charge in [0.05, 0.1) is 6.04 Å². The molecule has 5 heteroatoms. The summed E-state index contributed by atoms with van der Waals surface area (Å²) in [6.45, 7) is 0.230. The summed E-state index contributed by atoms with van der Waals surface area (Å²) in [6, 6.07) is 15.8. The minimum absolute atomic E-state index is 0.00680. The molecule has 5 nitrogen and oxygen atoms in total. The van der Waals surface area contributed by atoms with Crippen LogP contribution < -0.4 is 0 Å². The predicted octanol–water partition coefficient (Wildman–Crippen LogP) is 3.35. The van der Waals surface area contributed by atoms with Crippen molar-refractivity contribution in [2.75, 3.05) is 13.7 Å². The van der Waals surface area contributed by atoms with Crippen molar-refractivity contribution in [3.8, 4) is 11.1 Å². The van der Waals surface area contributed by atoms with E-state index in [1.165, 1.54) is 16.0 Å². The lowest BCUT2D eigenvalue weighted by Gasteiger charge is -2.33. The van der Waals surface area contributed by atoms with E-state index in [0.717, 1.165) is 11.1 Å². The van der Waals surface area contributed by atoms with Gasteiger partial charge in [-0.3, -0.25) is 4.79 Å². The Hall–Kier alpha value is -2.66. The zero-order valence-electron chi connectivity index (χ0n) is 15.3. The first-order chi connectivity index (χ1) is 13.1. The highest BCUT2D eigenvalue weighted by molar-refractivity contribution is 5.85. The van der Waals surface area contributed by atoms with E-state index in [1.54, 1.807) is 7.05 Å². The topological polar surface area (TPSA) is 66.8 Å². The Bertz CT molecular complexity index is 833. The molecule has 2 aromatic rings. The number of ether oxygens (including phenoxy) is 1. The van der Waals surface area contributed by atoms with Gasteiger partial charge in [0, 0.05) is 19.4 Å². The quantitative estimate of drug-likeness (QED) is 0.906. The Balaban J connectivity index is 1.49. The van der Waals surface area contributed by atoms with Gasteiger partial charge in [0.1, 0.15) is 12.7 Å². The SMILES string of the molecule is CN(C(=O)OCC1c2ccccc2-c2ccccc21)[C@@H]1CCCC(=O)[C@@H]1O. The van der Waals surface area contributed by atoms with Crippen LogP contribution in [0.4, 0.5) is 4.79 Å². The zero-order valence-corrected chi connectivity index (χ0v) is 15.3. The van der Waals surface area contributed by atoms with Gasteiger partial charge in [0.2, 0.25) is 0 Å². The summed E-state index contributed by atoms with van der Waals surface area (Å²) in [7, 11) is 1.59. The normalized spacial score (nSPS) is 21.5. The molecule has 0 bridgehead atoms. The highest BCUT2D eigenvalue weighted by atomic mass is 16.6. The van der Waals surface area contributed by atoms with Crippen LogP contribution >= 0.6 is 0 Å². The number of nitrogens with zero attached hydrogens (tertiary/aromatic N) is 1. The van der Waals surface area contributed by atoms with Crippen LogP contribution in [0.1, 0.15) is 36.3 Å². The lowest BCUT2D eigenvalue weighted by molar-refractivity contribution is -0.132. The molecular formula is C22H23NO4. The van der Waals surface area contributed by atoms with Crippen LogP contribution in [0.25, 0.3) is 11.1 Å². The largest absolute Gasteiger partial charge is 0.448 e. The van der Waals surface area contributed by atoms with Crippen LogP contribution in [-0.2, 0) is 9.53 Å². The molecule has 0 unspecified atom stereocenters. The predicted molar refractivity (Wildman–Crippen MR) is 101 cm³/mol. The molecule has 0 aliphatic heterocycles. The fourth-order valence-electron chi connectivity index (χ4n) is 4.24. The number of amides is 1. The van der Waals surface area contributed by atoms with E-state index in [1.807, 2.05) is 24.3 Å². The van der Waals surface area contributed by atoms with Gasteiger partial charge >= 0.3 is 6.09 Å². The molecule has 2 aliphatic carbocycles. The van der Waals surface area contributed by atoms with Gasteiger partial charge in [-0.15, -0.1) is 0 Å². The van der Waals surface area contributed by atoms with E-state index in [2.05, 4.69) is 24.3 Å². The van der Waals surface area contributed by atoms with Crippen molar-refractivity contribution in [2.24, 2.45) is 0 Å². The average Bonchev–Trinajstić information content (AvgIpc) is 3.01. The number of benzene rings is 2. The van der Waals surface area contributed by atoms with Gasteiger partial charge in [-0.2, -0.15) is 0 Å². The minimum Gasteiger partial charge on any atom is -0.448 e. The Morgan fingerprint density at radius 1 is 1.11 bits per heavy atom. The maximum Gasteiger partial charge on any atom is 0.409 e. The van der Waals surface area contributed by atoms with Crippen molar-refractivity contribution < 1.29 is 19.4 Å². The van der Waals surface area contributed by atoms with Gasteiger partial charge in [-0.05, 0) is 35.1 Å². The van der Waals surface area contributed by atoms with Crippen LogP contribution in [0.2, 0.25) is 0 Å². The second kappa shape index (κ2) is 7.16. The first kappa shape index (κ1) is 17.7. The van der Waals surface area contributed by atoms with Crippen molar-refractivity contribution >= 4 is 11.9 Å². The van der Waals surface area contributed by atoms with Crippen LogP contribution in [0.5, 0.6) is 0 Å². The monoisotopic (exact) mass is 365 g/mol.